The Bertz CT molecular complexity index is 371. The lowest BCUT2D eigenvalue weighted by molar-refractivity contribution is -0.121. The molecule has 94 valence electrons. The molecule has 0 bridgehead atoms. The Morgan fingerprint density at radius 1 is 1.53 bits per heavy atom. The highest BCUT2D eigenvalue weighted by Gasteiger charge is 2.03. The second-order valence-electron chi connectivity index (χ2n) is 4.04. The van der Waals surface area contributed by atoms with Gasteiger partial charge in [0.25, 0.3) is 0 Å². The van der Waals surface area contributed by atoms with Gasteiger partial charge in [-0.2, -0.15) is 0 Å². The first-order valence-corrected chi connectivity index (χ1v) is 5.54. The van der Waals surface area contributed by atoms with Crippen molar-refractivity contribution in [2.45, 2.75) is 19.4 Å². The maximum atomic E-state index is 12.9. The summed E-state index contributed by atoms with van der Waals surface area (Å²) in [5.41, 5.74) is 3.02. The maximum absolute atomic E-state index is 12.9. The van der Waals surface area contributed by atoms with Gasteiger partial charge >= 0.3 is 0 Å². The number of amides is 1. The molecule has 1 aromatic carbocycles. The average molecular weight is 239 g/mol. The van der Waals surface area contributed by atoms with Crippen molar-refractivity contribution in [2.24, 2.45) is 5.84 Å². The van der Waals surface area contributed by atoms with Crippen LogP contribution in [0.5, 0.6) is 0 Å². The van der Waals surface area contributed by atoms with Gasteiger partial charge in [-0.05, 0) is 37.7 Å². The summed E-state index contributed by atoms with van der Waals surface area (Å²) >= 11 is 0. The third-order valence-corrected chi connectivity index (χ3v) is 2.45. The van der Waals surface area contributed by atoms with Crippen LogP contribution in [0.2, 0.25) is 0 Å². The lowest BCUT2D eigenvalue weighted by Crippen LogP contribution is -2.30. The Hall–Kier alpha value is -1.46. The zero-order valence-corrected chi connectivity index (χ0v) is 9.95. The number of hydrogen-bond donors (Lipinski definition) is 2. The van der Waals surface area contributed by atoms with E-state index in [4.69, 9.17) is 5.84 Å². The zero-order valence-electron chi connectivity index (χ0n) is 9.95. The molecule has 0 spiro atoms. The smallest absolute Gasteiger partial charge is 0.233 e. The lowest BCUT2D eigenvalue weighted by Gasteiger charge is -2.16. The van der Waals surface area contributed by atoms with Crippen molar-refractivity contribution in [3.63, 3.8) is 0 Å². The van der Waals surface area contributed by atoms with Gasteiger partial charge in [-0.15, -0.1) is 0 Å². The largest absolute Gasteiger partial charge is 0.302 e. The van der Waals surface area contributed by atoms with Gasteiger partial charge in [0, 0.05) is 13.0 Å². The minimum absolute atomic E-state index is 0.163. The second-order valence-corrected chi connectivity index (χ2v) is 4.04. The molecule has 1 amide bonds. The van der Waals surface area contributed by atoms with Crippen LogP contribution in [0.1, 0.15) is 18.4 Å². The van der Waals surface area contributed by atoms with Crippen LogP contribution < -0.4 is 11.3 Å². The molecule has 1 aromatic rings. The fourth-order valence-electron chi connectivity index (χ4n) is 1.61. The molecule has 17 heavy (non-hydrogen) atoms. The van der Waals surface area contributed by atoms with Crippen LogP contribution in [0.3, 0.4) is 0 Å². The van der Waals surface area contributed by atoms with E-state index in [2.05, 4.69) is 5.43 Å². The number of carbonyl (C=O) groups excluding carboxylic acids is 1. The number of halogens is 1. The number of nitrogens with two attached hydrogens (primary N) is 1. The molecule has 1 rings (SSSR count). The number of hydrazine groups is 1. The number of nitrogens with zero attached hydrogens (tertiary/aromatic N) is 1. The van der Waals surface area contributed by atoms with Gasteiger partial charge in [-0.25, -0.2) is 10.2 Å². The Morgan fingerprint density at radius 3 is 2.94 bits per heavy atom. The van der Waals surface area contributed by atoms with Crippen molar-refractivity contribution in [3.05, 3.63) is 35.6 Å². The normalized spacial score (nSPS) is 10.6. The maximum Gasteiger partial charge on any atom is 0.233 e. The minimum atomic E-state index is -0.224. The SMILES string of the molecule is CN(CCCC(=O)NN)Cc1cccc(F)c1. The molecule has 0 fully saturated rings. The number of carbonyl (C=O) groups is 1. The van der Waals surface area contributed by atoms with Gasteiger partial charge in [-0.1, -0.05) is 12.1 Å². The quantitative estimate of drug-likeness (QED) is 0.443. The molecule has 0 aliphatic carbocycles. The van der Waals surface area contributed by atoms with Crippen molar-refractivity contribution in [1.29, 1.82) is 0 Å². The highest BCUT2D eigenvalue weighted by Crippen LogP contribution is 2.06. The lowest BCUT2D eigenvalue weighted by atomic mass is 10.2. The summed E-state index contributed by atoms with van der Waals surface area (Å²) < 4.78 is 12.9. The Kier molecular flexibility index (Phi) is 5.59. The van der Waals surface area contributed by atoms with E-state index in [0.29, 0.717) is 13.0 Å². The number of nitrogens with one attached hydrogen (secondary N) is 1. The van der Waals surface area contributed by atoms with Gasteiger partial charge in [0.15, 0.2) is 0 Å². The van der Waals surface area contributed by atoms with Gasteiger partial charge < -0.3 is 4.90 Å². The van der Waals surface area contributed by atoms with Crippen LogP contribution in [0.25, 0.3) is 0 Å². The summed E-state index contributed by atoms with van der Waals surface area (Å²) in [7, 11) is 1.94. The van der Waals surface area contributed by atoms with Gasteiger partial charge in [0.05, 0.1) is 0 Å². The highest BCUT2D eigenvalue weighted by molar-refractivity contribution is 5.75. The summed E-state index contributed by atoms with van der Waals surface area (Å²) in [4.78, 5) is 12.9. The minimum Gasteiger partial charge on any atom is -0.302 e. The van der Waals surface area contributed by atoms with E-state index in [-0.39, 0.29) is 11.7 Å². The number of hydrogen-bond acceptors (Lipinski definition) is 3. The fourth-order valence-corrected chi connectivity index (χ4v) is 1.61. The number of rotatable bonds is 6. The van der Waals surface area contributed by atoms with Crippen molar-refractivity contribution < 1.29 is 9.18 Å². The second kappa shape index (κ2) is 6.98. The molecular formula is C12H18FN3O. The molecule has 3 N–H and O–H groups in total. The van der Waals surface area contributed by atoms with E-state index in [0.717, 1.165) is 18.5 Å². The third-order valence-electron chi connectivity index (χ3n) is 2.45. The van der Waals surface area contributed by atoms with E-state index >= 15 is 0 Å². The standard InChI is InChI=1S/C12H18FN3O/c1-16(7-3-6-12(17)15-14)9-10-4-2-5-11(13)8-10/h2,4-5,8H,3,6-7,9,14H2,1H3,(H,15,17). The van der Waals surface area contributed by atoms with Crippen LogP contribution >= 0.6 is 0 Å². The van der Waals surface area contributed by atoms with Crippen LogP contribution in [0, 0.1) is 5.82 Å². The first-order chi connectivity index (χ1) is 8.11. The predicted molar refractivity (Wildman–Crippen MR) is 64.3 cm³/mol. The third kappa shape index (κ3) is 5.42. The molecule has 0 aliphatic rings. The predicted octanol–water partition coefficient (Wildman–Crippen LogP) is 1.03. The molecule has 0 aliphatic heterocycles. The summed E-state index contributed by atoms with van der Waals surface area (Å²) in [5, 5.41) is 0. The first kappa shape index (κ1) is 13.6. The molecule has 0 unspecified atom stereocenters. The van der Waals surface area contributed by atoms with E-state index in [1.54, 1.807) is 6.07 Å². The van der Waals surface area contributed by atoms with Gasteiger partial charge in [-0.3, -0.25) is 10.2 Å². The van der Waals surface area contributed by atoms with E-state index in [9.17, 15) is 9.18 Å². The van der Waals surface area contributed by atoms with Crippen molar-refractivity contribution in [3.8, 4) is 0 Å². The summed E-state index contributed by atoms with van der Waals surface area (Å²) in [6.07, 6.45) is 1.14. The monoisotopic (exact) mass is 239 g/mol. The molecular weight excluding hydrogens is 221 g/mol. The topological polar surface area (TPSA) is 58.4 Å². The summed E-state index contributed by atoms with van der Waals surface area (Å²) in [6.45, 7) is 1.44. The number of benzene rings is 1. The zero-order chi connectivity index (χ0) is 12.7. The summed E-state index contributed by atoms with van der Waals surface area (Å²) in [6, 6.07) is 6.52. The Balaban J connectivity index is 2.29. The molecule has 0 saturated heterocycles. The van der Waals surface area contributed by atoms with Gasteiger partial charge in [0.1, 0.15) is 5.82 Å². The molecule has 0 radical (unpaired) electrons. The molecule has 4 nitrogen and oxygen atoms in total. The molecule has 0 aromatic heterocycles. The van der Waals surface area contributed by atoms with E-state index < -0.39 is 0 Å². The Labute approximate surface area is 101 Å². The van der Waals surface area contributed by atoms with Crippen LogP contribution in [0.4, 0.5) is 4.39 Å². The van der Waals surface area contributed by atoms with Gasteiger partial charge in [0.2, 0.25) is 5.91 Å². The average Bonchev–Trinajstić information content (AvgIpc) is 2.28. The van der Waals surface area contributed by atoms with Crippen LogP contribution in [0.15, 0.2) is 24.3 Å². The molecule has 0 atom stereocenters. The van der Waals surface area contributed by atoms with Crippen molar-refractivity contribution in [1.82, 2.24) is 10.3 Å². The highest BCUT2D eigenvalue weighted by atomic mass is 19.1. The molecule has 5 heteroatoms. The first-order valence-electron chi connectivity index (χ1n) is 5.54. The molecule has 0 saturated carbocycles. The van der Waals surface area contributed by atoms with Crippen molar-refractivity contribution >= 4 is 5.91 Å². The van der Waals surface area contributed by atoms with E-state index in [1.165, 1.54) is 12.1 Å². The summed E-state index contributed by atoms with van der Waals surface area (Å²) in [5.74, 6) is 4.59. The van der Waals surface area contributed by atoms with Crippen LogP contribution in [-0.4, -0.2) is 24.4 Å². The van der Waals surface area contributed by atoms with E-state index in [1.807, 2.05) is 18.0 Å². The van der Waals surface area contributed by atoms with Crippen LogP contribution in [-0.2, 0) is 11.3 Å². The molecule has 0 heterocycles. The van der Waals surface area contributed by atoms with Crippen molar-refractivity contribution in [2.75, 3.05) is 13.6 Å². The fraction of sp³-hybridized carbons (Fsp3) is 0.417. The Morgan fingerprint density at radius 2 is 2.29 bits per heavy atom.